The van der Waals surface area contributed by atoms with Crippen molar-refractivity contribution in [2.45, 2.75) is 58.2 Å². The third-order valence-corrected chi connectivity index (χ3v) is 7.55. The second-order valence-electron chi connectivity index (χ2n) is 10.2. The van der Waals surface area contributed by atoms with E-state index in [0.29, 0.717) is 31.7 Å². The number of aromatic nitrogens is 1. The van der Waals surface area contributed by atoms with E-state index in [1.54, 1.807) is 0 Å². The number of benzene rings is 1. The van der Waals surface area contributed by atoms with Crippen molar-refractivity contribution in [1.82, 2.24) is 15.2 Å². The van der Waals surface area contributed by atoms with Gasteiger partial charge in [0.1, 0.15) is 0 Å². The molecule has 7 nitrogen and oxygen atoms in total. The van der Waals surface area contributed by atoms with Gasteiger partial charge in [-0.25, -0.2) is 0 Å². The zero-order valence-electron chi connectivity index (χ0n) is 20.3. The molecule has 1 saturated heterocycles. The van der Waals surface area contributed by atoms with Crippen molar-refractivity contribution >= 4 is 38.0 Å². The number of anilines is 1. The van der Waals surface area contributed by atoms with Crippen molar-refractivity contribution in [3.05, 3.63) is 58.4 Å². The second kappa shape index (κ2) is 10.0. The Morgan fingerprint density at radius 3 is 2.62 bits per heavy atom. The fraction of sp³-hybridized carbons (Fsp3) is 0.500. The Bertz CT molecular complexity index is 1090. The fourth-order valence-electron chi connectivity index (χ4n) is 4.92. The van der Waals surface area contributed by atoms with Crippen molar-refractivity contribution < 1.29 is 14.7 Å². The largest absolute Gasteiger partial charge is 0.390 e. The third-order valence-electron chi connectivity index (χ3n) is 6.83. The molecule has 0 spiro atoms. The van der Waals surface area contributed by atoms with E-state index in [1.165, 1.54) is 5.56 Å². The van der Waals surface area contributed by atoms with Crippen LogP contribution in [0.4, 0.5) is 5.69 Å². The molecule has 4 rings (SSSR count). The van der Waals surface area contributed by atoms with Crippen LogP contribution < -0.4 is 10.2 Å². The van der Waals surface area contributed by atoms with Crippen LogP contribution in [-0.4, -0.2) is 63.0 Å². The van der Waals surface area contributed by atoms with E-state index in [-0.39, 0.29) is 40.3 Å². The first-order valence-electron chi connectivity index (χ1n) is 11.8. The molecule has 1 amide bonds. The monoisotopic (exact) mass is 576 g/mol. The Kier molecular flexibility index (Phi) is 7.42. The summed E-state index contributed by atoms with van der Waals surface area (Å²) in [6.45, 7) is 10.1. The lowest BCUT2D eigenvalue weighted by molar-refractivity contribution is -0.122. The van der Waals surface area contributed by atoms with Crippen LogP contribution in [0.1, 0.15) is 48.8 Å². The number of pyridine rings is 1. The standard InChI is InChI=1S/C26H33IN4O3/c1-16-5-7-18(8-6-16)9-19-10-21-24(29-20(19)14-32)26(3,4)15-31(21)23(33)13-30-12-17(2)28-11-22(30)25(27)34/h5-8,10,17,22,28,32H,9,11-15H2,1-4H3/t17-,22-/m1/s1. The molecule has 2 aromatic rings. The van der Waals surface area contributed by atoms with Crippen molar-refractivity contribution in [3.8, 4) is 0 Å². The number of hydrogen-bond acceptors (Lipinski definition) is 6. The third kappa shape index (κ3) is 5.19. The highest BCUT2D eigenvalue weighted by molar-refractivity contribution is 14.1. The van der Waals surface area contributed by atoms with Crippen LogP contribution in [0.2, 0.25) is 0 Å². The van der Waals surface area contributed by atoms with Crippen LogP contribution in [0.5, 0.6) is 0 Å². The van der Waals surface area contributed by atoms with Gasteiger partial charge in [-0.15, -0.1) is 0 Å². The first kappa shape index (κ1) is 25.2. The number of nitrogens with zero attached hydrogens (tertiary/aromatic N) is 3. The molecule has 0 bridgehead atoms. The van der Waals surface area contributed by atoms with Gasteiger partial charge in [-0.3, -0.25) is 19.5 Å². The van der Waals surface area contributed by atoms with Gasteiger partial charge in [-0.1, -0.05) is 43.7 Å². The summed E-state index contributed by atoms with van der Waals surface area (Å²) < 4.78 is 0.0431. The summed E-state index contributed by atoms with van der Waals surface area (Å²) in [6, 6.07) is 10.3. The molecule has 2 aliphatic heterocycles. The van der Waals surface area contributed by atoms with E-state index in [0.717, 1.165) is 22.5 Å². The lowest BCUT2D eigenvalue weighted by Gasteiger charge is -2.37. The van der Waals surface area contributed by atoms with E-state index >= 15 is 0 Å². The van der Waals surface area contributed by atoms with Crippen LogP contribution in [0.3, 0.4) is 0 Å². The second-order valence-corrected chi connectivity index (χ2v) is 11.3. The van der Waals surface area contributed by atoms with Crippen LogP contribution in [0.25, 0.3) is 0 Å². The molecule has 2 N–H and O–H groups in total. The van der Waals surface area contributed by atoms with Crippen LogP contribution in [-0.2, 0) is 28.0 Å². The Balaban J connectivity index is 1.64. The van der Waals surface area contributed by atoms with Crippen molar-refractivity contribution in [3.63, 3.8) is 0 Å². The van der Waals surface area contributed by atoms with E-state index in [2.05, 4.69) is 57.3 Å². The Labute approximate surface area is 215 Å². The number of amides is 1. The maximum Gasteiger partial charge on any atom is 0.241 e. The minimum Gasteiger partial charge on any atom is -0.390 e. The van der Waals surface area contributed by atoms with Crippen LogP contribution >= 0.6 is 22.6 Å². The molecule has 1 aromatic carbocycles. The van der Waals surface area contributed by atoms with Gasteiger partial charge in [0.2, 0.25) is 9.70 Å². The predicted octanol–water partition coefficient (Wildman–Crippen LogP) is 2.72. The number of aliphatic hydroxyl groups is 1. The van der Waals surface area contributed by atoms with E-state index in [1.807, 2.05) is 38.5 Å². The zero-order valence-corrected chi connectivity index (χ0v) is 22.4. The number of halogens is 1. The highest BCUT2D eigenvalue weighted by atomic mass is 127. The van der Waals surface area contributed by atoms with Gasteiger partial charge < -0.3 is 15.3 Å². The Morgan fingerprint density at radius 1 is 1.26 bits per heavy atom. The number of carbonyl (C=O) groups excluding carboxylic acids is 2. The van der Waals surface area contributed by atoms with Gasteiger partial charge in [-0.05, 0) is 37.5 Å². The molecule has 182 valence electrons. The zero-order chi connectivity index (χ0) is 24.6. The number of piperazine rings is 1. The SMILES string of the molecule is Cc1ccc(Cc2cc3c(nc2CO)C(C)(C)CN3C(=O)CN2C[C@@H](C)NC[C@@H]2C(=O)I)cc1. The molecule has 3 heterocycles. The molecule has 2 aliphatic rings. The molecular formula is C26H33IN4O3. The minimum atomic E-state index is -0.327. The number of aliphatic hydroxyl groups excluding tert-OH is 1. The molecule has 0 unspecified atom stereocenters. The lowest BCUT2D eigenvalue weighted by Crippen LogP contribution is -2.59. The van der Waals surface area contributed by atoms with Gasteiger partial charge in [-0.2, -0.15) is 0 Å². The molecule has 1 fully saturated rings. The minimum absolute atomic E-state index is 0.0246. The summed E-state index contributed by atoms with van der Waals surface area (Å²) in [5.41, 5.74) is 5.25. The van der Waals surface area contributed by atoms with E-state index < -0.39 is 0 Å². The highest BCUT2D eigenvalue weighted by Crippen LogP contribution is 2.40. The number of nitrogens with one attached hydrogen (secondary N) is 1. The number of hydrogen-bond donors (Lipinski definition) is 2. The number of aryl methyl sites for hydroxylation is 1. The maximum absolute atomic E-state index is 13.6. The molecule has 0 saturated carbocycles. The first-order chi connectivity index (χ1) is 16.1. The van der Waals surface area contributed by atoms with Crippen molar-refractivity contribution in [2.24, 2.45) is 0 Å². The molecular weight excluding hydrogens is 543 g/mol. The summed E-state index contributed by atoms with van der Waals surface area (Å²) in [7, 11) is 0. The maximum atomic E-state index is 13.6. The average Bonchev–Trinajstić information content (AvgIpc) is 3.04. The summed E-state index contributed by atoms with van der Waals surface area (Å²) in [5.74, 6) is -0.0246. The topological polar surface area (TPSA) is 85.8 Å². The van der Waals surface area contributed by atoms with Gasteiger partial charge >= 0.3 is 0 Å². The summed E-state index contributed by atoms with van der Waals surface area (Å²) >= 11 is 1.83. The highest BCUT2D eigenvalue weighted by Gasteiger charge is 2.41. The van der Waals surface area contributed by atoms with Gasteiger partial charge in [0.25, 0.3) is 0 Å². The van der Waals surface area contributed by atoms with E-state index in [4.69, 9.17) is 4.98 Å². The Morgan fingerprint density at radius 2 is 1.97 bits per heavy atom. The molecule has 8 heteroatoms. The van der Waals surface area contributed by atoms with Gasteiger partial charge in [0.15, 0.2) is 0 Å². The molecule has 34 heavy (non-hydrogen) atoms. The van der Waals surface area contributed by atoms with E-state index in [9.17, 15) is 14.7 Å². The quantitative estimate of drug-likeness (QED) is 0.407. The van der Waals surface area contributed by atoms with Gasteiger partial charge in [0, 0.05) is 53.7 Å². The summed E-state index contributed by atoms with van der Waals surface area (Å²) in [4.78, 5) is 34.4. The molecule has 0 aliphatic carbocycles. The molecule has 2 atom stereocenters. The summed E-state index contributed by atoms with van der Waals surface area (Å²) in [5, 5.41) is 13.4. The fourth-order valence-corrected chi connectivity index (χ4v) is 5.54. The van der Waals surface area contributed by atoms with Crippen molar-refractivity contribution in [2.75, 3.05) is 31.1 Å². The summed E-state index contributed by atoms with van der Waals surface area (Å²) in [6.07, 6.45) is 0.639. The first-order valence-corrected chi connectivity index (χ1v) is 12.8. The van der Waals surface area contributed by atoms with Crippen LogP contribution in [0.15, 0.2) is 30.3 Å². The normalized spacial score (nSPS) is 22.0. The van der Waals surface area contributed by atoms with Crippen molar-refractivity contribution in [1.29, 1.82) is 0 Å². The number of rotatable bonds is 6. The van der Waals surface area contributed by atoms with Gasteiger partial charge in [0.05, 0.1) is 36.3 Å². The smallest absolute Gasteiger partial charge is 0.241 e. The lowest BCUT2D eigenvalue weighted by atomic mass is 9.90. The average molecular weight is 576 g/mol. The predicted molar refractivity (Wildman–Crippen MR) is 141 cm³/mol. The molecule has 1 aromatic heterocycles. The Hall–Kier alpha value is -1.88. The van der Waals surface area contributed by atoms with Crippen LogP contribution in [0, 0.1) is 6.92 Å². The molecule has 0 radical (unpaired) electrons. The number of carbonyl (C=O) groups is 2. The number of fused-ring (bicyclic) bond motifs is 1.